The summed E-state index contributed by atoms with van der Waals surface area (Å²) in [5, 5.41) is 4.61. The molecule has 0 aromatic heterocycles. The topological polar surface area (TPSA) is 46.2 Å². The fraction of sp³-hybridized carbons (Fsp3) is 0.250. The molecule has 4 aromatic rings. The van der Waals surface area contributed by atoms with Gasteiger partial charge in [0.05, 0.1) is 28.4 Å². The minimum absolute atomic E-state index is 0.861. The Labute approximate surface area is 235 Å². The lowest BCUT2D eigenvalue weighted by atomic mass is 10.2. The molecule has 0 saturated carbocycles. The number of methoxy groups -OCH3 is 4. The Balaban J connectivity index is 1.92. The summed E-state index contributed by atoms with van der Waals surface area (Å²) in [5.74, 6) is 3.44. The molecule has 0 saturated heterocycles. The number of rotatable bonds is 10. The van der Waals surface area contributed by atoms with Crippen molar-refractivity contribution in [3.8, 4) is 23.0 Å². The second-order valence-corrected chi connectivity index (χ2v) is 15.1. The highest BCUT2D eigenvalue weighted by Crippen LogP contribution is 2.20. The van der Waals surface area contributed by atoms with Crippen molar-refractivity contribution in [2.75, 3.05) is 28.4 Å². The molecule has 39 heavy (non-hydrogen) atoms. The third-order valence-corrected chi connectivity index (χ3v) is 13.2. The smallest absolute Gasteiger partial charge is 0.229 e. The molecular formula is C32H38O5Si2. The van der Waals surface area contributed by atoms with E-state index >= 15 is 0 Å². The lowest BCUT2D eigenvalue weighted by Gasteiger charge is -2.27. The van der Waals surface area contributed by atoms with Crippen LogP contribution in [0.3, 0.4) is 0 Å². The minimum Gasteiger partial charge on any atom is -0.496 e. The molecule has 0 spiro atoms. The van der Waals surface area contributed by atoms with Crippen LogP contribution in [0.1, 0.15) is 22.3 Å². The SMILES string of the molecule is COc1cc([SiH](O[SiH](c2ccc(C)c(OC)c2)c2ccc(C)c(OC)c2)c2ccc(C)c(OC)c2)ccc1C. The van der Waals surface area contributed by atoms with Crippen molar-refractivity contribution < 1.29 is 23.1 Å². The largest absolute Gasteiger partial charge is 0.496 e. The summed E-state index contributed by atoms with van der Waals surface area (Å²) in [6.07, 6.45) is 0. The van der Waals surface area contributed by atoms with Crippen molar-refractivity contribution >= 4 is 38.8 Å². The van der Waals surface area contributed by atoms with E-state index in [-0.39, 0.29) is 0 Å². The second kappa shape index (κ2) is 12.6. The summed E-state index contributed by atoms with van der Waals surface area (Å²) in [4.78, 5) is 0. The molecule has 4 aromatic carbocycles. The van der Waals surface area contributed by atoms with Gasteiger partial charge >= 0.3 is 0 Å². The Kier molecular flexibility index (Phi) is 9.17. The number of benzene rings is 4. The van der Waals surface area contributed by atoms with Crippen molar-refractivity contribution in [2.24, 2.45) is 0 Å². The van der Waals surface area contributed by atoms with E-state index < -0.39 is 18.1 Å². The Bertz CT molecular complexity index is 1240. The maximum Gasteiger partial charge on any atom is 0.229 e. The Morgan fingerprint density at radius 3 is 0.821 bits per heavy atom. The number of aryl methyl sites for hydroxylation is 4. The highest BCUT2D eigenvalue weighted by atomic mass is 28.4. The van der Waals surface area contributed by atoms with Crippen molar-refractivity contribution in [1.29, 1.82) is 0 Å². The van der Waals surface area contributed by atoms with Crippen LogP contribution in [0.25, 0.3) is 0 Å². The molecule has 0 aliphatic heterocycles. The Morgan fingerprint density at radius 2 is 0.615 bits per heavy atom. The first-order valence-corrected chi connectivity index (χ1v) is 16.3. The highest BCUT2D eigenvalue weighted by Gasteiger charge is 2.28. The summed E-state index contributed by atoms with van der Waals surface area (Å²) < 4.78 is 30.3. The molecule has 4 rings (SSSR count). The Hall–Kier alpha value is -3.53. The van der Waals surface area contributed by atoms with E-state index in [9.17, 15) is 0 Å². The van der Waals surface area contributed by atoms with Crippen LogP contribution in [0.4, 0.5) is 0 Å². The molecule has 0 N–H and O–H groups in total. The standard InChI is InChI=1S/C32H38O5Si2/c1-21-9-13-25(17-29(21)33-5)38(26-14-10-22(2)30(18-26)34-6)37-39(27-15-11-23(3)31(19-27)35-7)28-16-12-24(4)32(20-28)36-8/h9-20,38-39H,1-8H3. The van der Waals surface area contributed by atoms with Crippen molar-refractivity contribution in [3.63, 3.8) is 0 Å². The van der Waals surface area contributed by atoms with Crippen molar-refractivity contribution in [1.82, 2.24) is 0 Å². The van der Waals surface area contributed by atoms with Gasteiger partial charge in [0.2, 0.25) is 18.1 Å². The summed E-state index contributed by atoms with van der Waals surface area (Å²) in [6.45, 7) is 8.24. The van der Waals surface area contributed by atoms with E-state index in [1.165, 1.54) is 0 Å². The van der Waals surface area contributed by atoms with E-state index in [0.29, 0.717) is 0 Å². The van der Waals surface area contributed by atoms with Gasteiger partial charge in [-0.3, -0.25) is 0 Å². The first-order chi connectivity index (χ1) is 18.8. The third kappa shape index (κ3) is 6.22. The van der Waals surface area contributed by atoms with Gasteiger partial charge < -0.3 is 23.1 Å². The third-order valence-electron chi connectivity index (χ3n) is 7.21. The van der Waals surface area contributed by atoms with Crippen LogP contribution >= 0.6 is 0 Å². The quantitative estimate of drug-likeness (QED) is 0.280. The average molecular weight is 559 g/mol. The molecule has 0 radical (unpaired) electrons. The van der Waals surface area contributed by atoms with Crippen LogP contribution in [-0.2, 0) is 4.12 Å². The van der Waals surface area contributed by atoms with Crippen LogP contribution in [0.5, 0.6) is 23.0 Å². The molecule has 0 heterocycles. The molecule has 204 valence electrons. The van der Waals surface area contributed by atoms with E-state index in [1.807, 2.05) is 0 Å². The van der Waals surface area contributed by atoms with Crippen LogP contribution in [-0.4, -0.2) is 46.5 Å². The zero-order valence-corrected chi connectivity index (χ0v) is 26.4. The second-order valence-electron chi connectivity index (χ2n) is 9.81. The average Bonchev–Trinajstić information content (AvgIpc) is 2.95. The van der Waals surface area contributed by atoms with Gasteiger partial charge in [0.25, 0.3) is 0 Å². The maximum atomic E-state index is 7.41. The zero-order valence-electron chi connectivity index (χ0n) is 24.1. The Morgan fingerprint density at radius 1 is 0.385 bits per heavy atom. The van der Waals surface area contributed by atoms with E-state index in [2.05, 4.69) is 100 Å². The molecule has 0 fully saturated rings. The van der Waals surface area contributed by atoms with Gasteiger partial charge in [-0.1, -0.05) is 48.5 Å². The molecular weight excluding hydrogens is 521 g/mol. The lowest BCUT2D eigenvalue weighted by Crippen LogP contribution is -2.56. The molecule has 0 unspecified atom stereocenters. The summed E-state index contributed by atoms with van der Waals surface area (Å²) >= 11 is 0. The first kappa shape index (κ1) is 28.5. The zero-order chi connectivity index (χ0) is 28.1. The van der Waals surface area contributed by atoms with Crippen molar-refractivity contribution in [3.05, 3.63) is 95.1 Å². The molecule has 0 atom stereocenters. The summed E-state index contributed by atoms with van der Waals surface area (Å²) in [6, 6.07) is 25.7. The molecule has 5 nitrogen and oxygen atoms in total. The van der Waals surface area contributed by atoms with Gasteiger partial charge in [0, 0.05) is 0 Å². The van der Waals surface area contributed by atoms with Crippen LogP contribution in [0.2, 0.25) is 0 Å². The summed E-state index contributed by atoms with van der Waals surface area (Å²) in [7, 11) is 2.41. The normalized spacial score (nSPS) is 11.1. The minimum atomic E-state index is -2.23. The van der Waals surface area contributed by atoms with Gasteiger partial charge in [-0.15, -0.1) is 0 Å². The fourth-order valence-corrected chi connectivity index (χ4v) is 11.5. The van der Waals surface area contributed by atoms with Gasteiger partial charge in [0.15, 0.2) is 0 Å². The molecule has 0 aliphatic carbocycles. The van der Waals surface area contributed by atoms with Gasteiger partial charge in [-0.05, 0) is 95.0 Å². The molecule has 0 aliphatic rings. The van der Waals surface area contributed by atoms with Gasteiger partial charge in [-0.2, -0.15) is 0 Å². The van der Waals surface area contributed by atoms with Crippen molar-refractivity contribution in [2.45, 2.75) is 27.7 Å². The predicted octanol–water partition coefficient (Wildman–Crippen LogP) is 3.35. The fourth-order valence-electron chi connectivity index (χ4n) is 4.83. The number of hydrogen-bond donors (Lipinski definition) is 0. The molecule has 0 bridgehead atoms. The van der Waals surface area contributed by atoms with E-state index in [4.69, 9.17) is 23.1 Å². The van der Waals surface area contributed by atoms with Gasteiger partial charge in [0.1, 0.15) is 23.0 Å². The monoisotopic (exact) mass is 558 g/mol. The lowest BCUT2D eigenvalue weighted by molar-refractivity contribution is 0.412. The highest BCUT2D eigenvalue weighted by molar-refractivity contribution is 6.91. The van der Waals surface area contributed by atoms with Gasteiger partial charge in [-0.25, -0.2) is 0 Å². The molecule has 0 amide bonds. The molecule has 7 heteroatoms. The maximum absolute atomic E-state index is 7.41. The van der Waals surface area contributed by atoms with Crippen LogP contribution in [0, 0.1) is 27.7 Å². The number of hydrogen-bond acceptors (Lipinski definition) is 5. The number of ether oxygens (including phenoxy) is 4. The summed E-state index contributed by atoms with van der Waals surface area (Å²) in [5.41, 5.74) is 4.37. The van der Waals surface area contributed by atoms with E-state index in [1.54, 1.807) is 28.4 Å². The first-order valence-electron chi connectivity index (χ1n) is 13.0. The van der Waals surface area contributed by atoms with Crippen LogP contribution in [0.15, 0.2) is 72.8 Å². The van der Waals surface area contributed by atoms with E-state index in [0.717, 1.165) is 66.0 Å². The van der Waals surface area contributed by atoms with Crippen LogP contribution < -0.4 is 39.7 Å². The predicted molar refractivity (Wildman–Crippen MR) is 165 cm³/mol.